The van der Waals surface area contributed by atoms with Crippen LogP contribution in [0.25, 0.3) is 16.9 Å². The zero-order chi connectivity index (χ0) is 16.9. The van der Waals surface area contributed by atoms with E-state index in [0.717, 1.165) is 23.4 Å². The minimum absolute atomic E-state index is 0.0965. The highest BCUT2D eigenvalue weighted by atomic mass is 19.1. The van der Waals surface area contributed by atoms with Gasteiger partial charge in [-0.3, -0.25) is 4.79 Å². The van der Waals surface area contributed by atoms with Crippen LogP contribution in [0.1, 0.15) is 23.7 Å². The van der Waals surface area contributed by atoms with Crippen molar-refractivity contribution < 1.29 is 9.18 Å². The molecular weight excluding hydrogens is 307 g/mol. The van der Waals surface area contributed by atoms with Gasteiger partial charge < -0.3 is 5.32 Å². The predicted molar refractivity (Wildman–Crippen MR) is 89.4 cm³/mol. The van der Waals surface area contributed by atoms with E-state index in [2.05, 4.69) is 15.6 Å². The summed E-state index contributed by atoms with van der Waals surface area (Å²) in [6.07, 6.45) is 2.51. The highest BCUT2D eigenvalue weighted by molar-refractivity contribution is 5.94. The van der Waals surface area contributed by atoms with Crippen molar-refractivity contribution in [1.82, 2.24) is 20.3 Å². The van der Waals surface area contributed by atoms with E-state index in [9.17, 15) is 9.18 Å². The molecule has 1 amide bonds. The lowest BCUT2D eigenvalue weighted by atomic mass is 10.1. The Morgan fingerprint density at radius 1 is 1.12 bits per heavy atom. The highest BCUT2D eigenvalue weighted by Crippen LogP contribution is 2.21. The first kappa shape index (κ1) is 15.9. The molecule has 0 saturated carbocycles. The molecule has 6 heteroatoms. The monoisotopic (exact) mass is 324 g/mol. The SMILES string of the molecule is CCCNC(=O)c1ccc(-n2nncc2-c2ccc(F)cc2)cc1. The lowest BCUT2D eigenvalue weighted by molar-refractivity contribution is 0.0953. The predicted octanol–water partition coefficient (Wildman–Crippen LogP) is 3.21. The van der Waals surface area contributed by atoms with E-state index in [4.69, 9.17) is 0 Å². The summed E-state index contributed by atoms with van der Waals surface area (Å²) in [6, 6.07) is 13.3. The molecule has 0 bridgehead atoms. The summed E-state index contributed by atoms with van der Waals surface area (Å²) in [7, 11) is 0. The fraction of sp³-hybridized carbons (Fsp3) is 0.167. The molecule has 0 unspecified atom stereocenters. The molecule has 0 saturated heterocycles. The Bertz CT molecular complexity index is 825. The van der Waals surface area contributed by atoms with Crippen LogP contribution in [0.2, 0.25) is 0 Å². The standard InChI is InChI=1S/C18H17FN4O/c1-2-11-20-18(24)14-5-9-16(10-6-14)23-17(12-21-22-23)13-3-7-15(19)8-4-13/h3-10,12H,2,11H2,1H3,(H,20,24). The maximum atomic E-state index is 13.1. The van der Waals surface area contributed by atoms with Crippen LogP contribution in [0, 0.1) is 5.82 Å². The Balaban J connectivity index is 1.87. The Kier molecular flexibility index (Phi) is 4.65. The average molecular weight is 324 g/mol. The minimum Gasteiger partial charge on any atom is -0.352 e. The van der Waals surface area contributed by atoms with Gasteiger partial charge in [-0.1, -0.05) is 12.1 Å². The molecule has 1 heterocycles. The fourth-order valence-electron chi connectivity index (χ4n) is 2.34. The first-order chi connectivity index (χ1) is 11.7. The molecule has 24 heavy (non-hydrogen) atoms. The van der Waals surface area contributed by atoms with Crippen molar-refractivity contribution >= 4 is 5.91 Å². The second kappa shape index (κ2) is 7.04. The number of hydrogen-bond acceptors (Lipinski definition) is 3. The van der Waals surface area contributed by atoms with Gasteiger partial charge in [0.25, 0.3) is 5.91 Å². The first-order valence-corrected chi connectivity index (χ1v) is 7.74. The van der Waals surface area contributed by atoms with E-state index in [1.165, 1.54) is 12.1 Å². The number of rotatable bonds is 5. The maximum Gasteiger partial charge on any atom is 0.251 e. The van der Waals surface area contributed by atoms with E-state index in [0.29, 0.717) is 12.1 Å². The van der Waals surface area contributed by atoms with Crippen LogP contribution in [0.4, 0.5) is 4.39 Å². The molecular formula is C18H17FN4O. The number of carbonyl (C=O) groups is 1. The molecule has 1 aromatic heterocycles. The van der Waals surface area contributed by atoms with Crippen molar-refractivity contribution in [3.63, 3.8) is 0 Å². The van der Waals surface area contributed by atoms with E-state index < -0.39 is 0 Å². The molecule has 0 atom stereocenters. The smallest absolute Gasteiger partial charge is 0.251 e. The first-order valence-electron chi connectivity index (χ1n) is 7.74. The average Bonchev–Trinajstić information content (AvgIpc) is 3.10. The van der Waals surface area contributed by atoms with Gasteiger partial charge in [0.2, 0.25) is 0 Å². The van der Waals surface area contributed by atoms with Crippen molar-refractivity contribution in [3.8, 4) is 16.9 Å². The molecule has 0 aliphatic heterocycles. The number of nitrogens with one attached hydrogen (secondary N) is 1. The quantitative estimate of drug-likeness (QED) is 0.784. The third-order valence-electron chi connectivity index (χ3n) is 3.60. The van der Waals surface area contributed by atoms with Gasteiger partial charge in [0.05, 0.1) is 17.6 Å². The van der Waals surface area contributed by atoms with Crippen LogP contribution in [-0.2, 0) is 0 Å². The summed E-state index contributed by atoms with van der Waals surface area (Å²) in [4.78, 5) is 11.9. The zero-order valence-corrected chi connectivity index (χ0v) is 13.2. The lowest BCUT2D eigenvalue weighted by Crippen LogP contribution is -2.23. The normalized spacial score (nSPS) is 10.6. The van der Waals surface area contributed by atoms with Gasteiger partial charge in [-0.2, -0.15) is 0 Å². The molecule has 0 fully saturated rings. The van der Waals surface area contributed by atoms with E-state index in [1.54, 1.807) is 35.1 Å². The Morgan fingerprint density at radius 3 is 2.50 bits per heavy atom. The molecule has 2 aromatic carbocycles. The number of halogens is 1. The van der Waals surface area contributed by atoms with Gasteiger partial charge in [0.1, 0.15) is 5.82 Å². The summed E-state index contributed by atoms with van der Waals surface area (Å²) >= 11 is 0. The van der Waals surface area contributed by atoms with Crippen LogP contribution in [0.15, 0.2) is 54.7 Å². The number of hydrogen-bond donors (Lipinski definition) is 1. The number of benzene rings is 2. The van der Waals surface area contributed by atoms with Crippen LogP contribution < -0.4 is 5.32 Å². The second-order valence-electron chi connectivity index (χ2n) is 5.34. The van der Waals surface area contributed by atoms with Crippen LogP contribution in [0.5, 0.6) is 0 Å². The minimum atomic E-state index is -0.291. The topological polar surface area (TPSA) is 59.8 Å². The molecule has 3 rings (SSSR count). The summed E-state index contributed by atoms with van der Waals surface area (Å²) in [5.74, 6) is -0.388. The van der Waals surface area contributed by atoms with Crippen LogP contribution in [0.3, 0.4) is 0 Å². The maximum absolute atomic E-state index is 13.1. The summed E-state index contributed by atoms with van der Waals surface area (Å²) in [6.45, 7) is 2.66. The third kappa shape index (κ3) is 3.32. The van der Waals surface area contributed by atoms with Gasteiger partial charge in [-0.15, -0.1) is 5.10 Å². The van der Waals surface area contributed by atoms with Crippen molar-refractivity contribution in [1.29, 1.82) is 0 Å². The summed E-state index contributed by atoms with van der Waals surface area (Å²) in [5, 5.41) is 10.9. The van der Waals surface area contributed by atoms with E-state index >= 15 is 0 Å². The van der Waals surface area contributed by atoms with E-state index in [1.807, 2.05) is 19.1 Å². The van der Waals surface area contributed by atoms with Gasteiger partial charge in [-0.25, -0.2) is 9.07 Å². The lowest BCUT2D eigenvalue weighted by Gasteiger charge is -2.08. The Hall–Kier alpha value is -3.02. The Morgan fingerprint density at radius 2 is 1.83 bits per heavy atom. The van der Waals surface area contributed by atoms with Crippen molar-refractivity contribution in [2.24, 2.45) is 0 Å². The molecule has 122 valence electrons. The van der Waals surface area contributed by atoms with Crippen LogP contribution in [-0.4, -0.2) is 27.4 Å². The Labute approximate surface area is 139 Å². The zero-order valence-electron chi connectivity index (χ0n) is 13.2. The molecule has 5 nitrogen and oxygen atoms in total. The third-order valence-corrected chi connectivity index (χ3v) is 3.60. The fourth-order valence-corrected chi connectivity index (χ4v) is 2.34. The highest BCUT2D eigenvalue weighted by Gasteiger charge is 2.10. The number of nitrogens with zero attached hydrogens (tertiary/aromatic N) is 3. The summed E-state index contributed by atoms with van der Waals surface area (Å²) < 4.78 is 14.7. The summed E-state index contributed by atoms with van der Waals surface area (Å²) in [5.41, 5.74) is 2.93. The molecule has 3 aromatic rings. The van der Waals surface area contributed by atoms with Crippen LogP contribution >= 0.6 is 0 Å². The van der Waals surface area contributed by atoms with Gasteiger partial charge in [-0.05, 0) is 55.0 Å². The van der Waals surface area contributed by atoms with Gasteiger partial charge in [0.15, 0.2) is 0 Å². The van der Waals surface area contributed by atoms with Crippen molar-refractivity contribution in [2.45, 2.75) is 13.3 Å². The number of amides is 1. The van der Waals surface area contributed by atoms with Gasteiger partial charge >= 0.3 is 0 Å². The molecule has 0 aliphatic rings. The van der Waals surface area contributed by atoms with Crippen molar-refractivity contribution in [3.05, 3.63) is 66.1 Å². The van der Waals surface area contributed by atoms with Gasteiger partial charge in [0, 0.05) is 17.7 Å². The number of carbonyl (C=O) groups excluding carboxylic acids is 1. The van der Waals surface area contributed by atoms with Crippen molar-refractivity contribution in [2.75, 3.05) is 6.54 Å². The van der Waals surface area contributed by atoms with E-state index in [-0.39, 0.29) is 11.7 Å². The molecule has 0 spiro atoms. The second-order valence-corrected chi connectivity index (χ2v) is 5.34. The molecule has 0 radical (unpaired) electrons. The number of aromatic nitrogens is 3. The molecule has 1 N–H and O–H groups in total. The molecule has 0 aliphatic carbocycles. The largest absolute Gasteiger partial charge is 0.352 e.